The van der Waals surface area contributed by atoms with Gasteiger partial charge in [0, 0.05) is 44.5 Å². The van der Waals surface area contributed by atoms with Crippen LogP contribution in [0.5, 0.6) is 0 Å². The van der Waals surface area contributed by atoms with Crippen molar-refractivity contribution >= 4 is 5.69 Å². The van der Waals surface area contributed by atoms with Crippen molar-refractivity contribution < 1.29 is 0 Å². The zero-order valence-electron chi connectivity index (χ0n) is 13.2. The Hall–Kier alpha value is -1.06. The highest BCUT2D eigenvalue weighted by atomic mass is 15.3. The molecule has 20 heavy (non-hydrogen) atoms. The van der Waals surface area contributed by atoms with E-state index in [1.165, 1.54) is 37.3 Å². The molecular formula is C17H29N3. The van der Waals surface area contributed by atoms with Crippen molar-refractivity contribution in [3.63, 3.8) is 0 Å². The molecule has 3 nitrogen and oxygen atoms in total. The van der Waals surface area contributed by atoms with Gasteiger partial charge in [-0.25, -0.2) is 0 Å². The molecule has 0 bridgehead atoms. The van der Waals surface area contributed by atoms with Gasteiger partial charge in [0.15, 0.2) is 0 Å². The monoisotopic (exact) mass is 275 g/mol. The number of benzene rings is 1. The van der Waals surface area contributed by atoms with Crippen molar-refractivity contribution in [2.45, 2.75) is 39.8 Å². The Bertz CT molecular complexity index is 378. The largest absolute Gasteiger partial charge is 0.369 e. The minimum absolute atomic E-state index is 0.543. The maximum absolute atomic E-state index is 3.46. The molecule has 112 valence electrons. The van der Waals surface area contributed by atoms with Crippen LogP contribution in [0.3, 0.4) is 0 Å². The predicted molar refractivity (Wildman–Crippen MR) is 87.4 cm³/mol. The van der Waals surface area contributed by atoms with E-state index < -0.39 is 0 Å². The van der Waals surface area contributed by atoms with Crippen molar-refractivity contribution in [2.75, 3.05) is 37.6 Å². The van der Waals surface area contributed by atoms with Crippen LogP contribution in [-0.4, -0.2) is 43.7 Å². The van der Waals surface area contributed by atoms with Gasteiger partial charge in [-0.2, -0.15) is 0 Å². The van der Waals surface area contributed by atoms with Crippen LogP contribution in [-0.2, 0) is 6.54 Å². The summed E-state index contributed by atoms with van der Waals surface area (Å²) in [5.74, 6) is 0. The fraction of sp³-hybridized carbons (Fsp3) is 0.647. The van der Waals surface area contributed by atoms with Crippen molar-refractivity contribution in [3.05, 3.63) is 29.8 Å². The Morgan fingerprint density at radius 2 is 1.70 bits per heavy atom. The molecule has 1 aliphatic rings. The Morgan fingerprint density at radius 3 is 2.25 bits per heavy atom. The topological polar surface area (TPSA) is 18.5 Å². The number of hydrogen-bond donors (Lipinski definition) is 1. The molecule has 1 aromatic rings. The number of anilines is 1. The zero-order chi connectivity index (χ0) is 14.4. The first-order valence-corrected chi connectivity index (χ1v) is 7.98. The fourth-order valence-corrected chi connectivity index (χ4v) is 2.69. The fourth-order valence-electron chi connectivity index (χ4n) is 2.69. The molecule has 0 spiro atoms. The lowest BCUT2D eigenvalue weighted by Crippen LogP contribution is -2.46. The molecule has 0 radical (unpaired) electrons. The number of nitrogens with zero attached hydrogens (tertiary/aromatic N) is 2. The smallest absolute Gasteiger partial charge is 0.0367 e. The molecule has 1 saturated heterocycles. The number of nitrogens with one attached hydrogen (secondary N) is 1. The molecule has 0 aliphatic carbocycles. The van der Waals surface area contributed by atoms with Crippen LogP contribution < -0.4 is 10.2 Å². The third-order valence-electron chi connectivity index (χ3n) is 3.93. The molecule has 0 unspecified atom stereocenters. The second-order valence-corrected chi connectivity index (χ2v) is 6.03. The summed E-state index contributed by atoms with van der Waals surface area (Å²) in [6.07, 6.45) is 1.26. The summed E-state index contributed by atoms with van der Waals surface area (Å²) in [5, 5.41) is 3.46. The lowest BCUT2D eigenvalue weighted by atomic mass is 10.1. The summed E-state index contributed by atoms with van der Waals surface area (Å²) in [6, 6.07) is 9.59. The van der Waals surface area contributed by atoms with E-state index >= 15 is 0 Å². The molecule has 2 rings (SSSR count). The van der Waals surface area contributed by atoms with Gasteiger partial charge >= 0.3 is 0 Å². The molecule has 0 saturated carbocycles. The molecule has 0 amide bonds. The molecule has 0 atom stereocenters. The molecular weight excluding hydrogens is 246 g/mol. The number of rotatable bonds is 6. The normalized spacial score (nSPS) is 16.9. The second-order valence-electron chi connectivity index (χ2n) is 6.03. The second kappa shape index (κ2) is 7.65. The maximum Gasteiger partial charge on any atom is 0.0367 e. The molecule has 1 heterocycles. The summed E-state index contributed by atoms with van der Waals surface area (Å²) in [7, 11) is 0. The summed E-state index contributed by atoms with van der Waals surface area (Å²) < 4.78 is 0. The molecule has 0 aromatic heterocycles. The summed E-state index contributed by atoms with van der Waals surface area (Å²) >= 11 is 0. The van der Waals surface area contributed by atoms with Gasteiger partial charge in [0.1, 0.15) is 0 Å². The van der Waals surface area contributed by atoms with E-state index in [0.29, 0.717) is 6.04 Å². The van der Waals surface area contributed by atoms with E-state index in [2.05, 4.69) is 60.2 Å². The first-order valence-electron chi connectivity index (χ1n) is 7.98. The standard InChI is InChI=1S/C17H29N3/c1-4-9-19-10-12-20(13-11-19)17-7-5-16(6-8-17)14-18-15(2)3/h5-8,15,18H,4,9-14H2,1-3H3. The minimum atomic E-state index is 0.543. The summed E-state index contributed by atoms with van der Waals surface area (Å²) in [6.45, 7) is 13.5. The molecule has 1 aliphatic heterocycles. The van der Waals surface area contributed by atoms with Gasteiger partial charge in [-0.05, 0) is 30.7 Å². The quantitative estimate of drug-likeness (QED) is 0.861. The van der Waals surface area contributed by atoms with E-state index in [1.807, 2.05) is 0 Å². The summed E-state index contributed by atoms with van der Waals surface area (Å²) in [4.78, 5) is 5.07. The van der Waals surface area contributed by atoms with E-state index in [0.717, 1.165) is 19.6 Å². The Labute approximate surface area is 124 Å². The lowest BCUT2D eigenvalue weighted by Gasteiger charge is -2.36. The average Bonchev–Trinajstić information content (AvgIpc) is 2.47. The third kappa shape index (κ3) is 4.50. The Balaban J connectivity index is 1.84. The van der Waals surface area contributed by atoms with Crippen LogP contribution in [0.15, 0.2) is 24.3 Å². The van der Waals surface area contributed by atoms with Crippen LogP contribution in [0, 0.1) is 0 Å². The SMILES string of the molecule is CCCN1CCN(c2ccc(CNC(C)C)cc2)CC1. The van der Waals surface area contributed by atoms with Crippen molar-refractivity contribution in [1.82, 2.24) is 10.2 Å². The molecule has 3 heteroatoms. The minimum Gasteiger partial charge on any atom is -0.369 e. The first-order chi connectivity index (χ1) is 9.69. The van der Waals surface area contributed by atoms with E-state index in [1.54, 1.807) is 0 Å². The predicted octanol–water partition coefficient (Wildman–Crippen LogP) is 2.72. The van der Waals surface area contributed by atoms with Gasteiger partial charge in [-0.1, -0.05) is 32.9 Å². The Kier molecular flexibility index (Phi) is 5.86. The van der Waals surface area contributed by atoms with Crippen LogP contribution >= 0.6 is 0 Å². The molecule has 1 aromatic carbocycles. The van der Waals surface area contributed by atoms with Gasteiger partial charge in [-0.15, -0.1) is 0 Å². The highest BCUT2D eigenvalue weighted by Crippen LogP contribution is 2.17. The third-order valence-corrected chi connectivity index (χ3v) is 3.93. The lowest BCUT2D eigenvalue weighted by molar-refractivity contribution is 0.258. The van der Waals surface area contributed by atoms with E-state index in [4.69, 9.17) is 0 Å². The zero-order valence-corrected chi connectivity index (χ0v) is 13.2. The van der Waals surface area contributed by atoms with Crippen molar-refractivity contribution in [1.29, 1.82) is 0 Å². The summed E-state index contributed by atoms with van der Waals surface area (Å²) in [5.41, 5.74) is 2.74. The first kappa shape index (κ1) is 15.3. The van der Waals surface area contributed by atoms with Gasteiger partial charge in [-0.3, -0.25) is 4.90 Å². The van der Waals surface area contributed by atoms with Crippen LogP contribution in [0.1, 0.15) is 32.8 Å². The maximum atomic E-state index is 3.46. The number of piperazine rings is 1. The number of hydrogen-bond acceptors (Lipinski definition) is 3. The molecule has 1 N–H and O–H groups in total. The Morgan fingerprint density at radius 1 is 1.05 bits per heavy atom. The van der Waals surface area contributed by atoms with Gasteiger partial charge < -0.3 is 10.2 Å². The van der Waals surface area contributed by atoms with Gasteiger partial charge in [0.2, 0.25) is 0 Å². The van der Waals surface area contributed by atoms with Crippen molar-refractivity contribution in [3.8, 4) is 0 Å². The van der Waals surface area contributed by atoms with Gasteiger partial charge in [0.25, 0.3) is 0 Å². The highest BCUT2D eigenvalue weighted by molar-refractivity contribution is 5.48. The van der Waals surface area contributed by atoms with Crippen LogP contribution in [0.25, 0.3) is 0 Å². The van der Waals surface area contributed by atoms with E-state index in [9.17, 15) is 0 Å². The van der Waals surface area contributed by atoms with Crippen molar-refractivity contribution in [2.24, 2.45) is 0 Å². The molecule has 1 fully saturated rings. The van der Waals surface area contributed by atoms with Gasteiger partial charge in [0.05, 0.1) is 0 Å². The van der Waals surface area contributed by atoms with E-state index in [-0.39, 0.29) is 0 Å². The highest BCUT2D eigenvalue weighted by Gasteiger charge is 2.16. The average molecular weight is 275 g/mol. The van der Waals surface area contributed by atoms with Crippen LogP contribution in [0.4, 0.5) is 5.69 Å². The van der Waals surface area contributed by atoms with Crippen LogP contribution in [0.2, 0.25) is 0 Å².